The van der Waals surface area contributed by atoms with E-state index in [4.69, 9.17) is 49.4 Å². The minimum atomic E-state index is -1.82. The van der Waals surface area contributed by atoms with Gasteiger partial charge in [0.1, 0.15) is 11.4 Å². The van der Waals surface area contributed by atoms with Crippen molar-refractivity contribution in [2.75, 3.05) is 33.3 Å². The number of ether oxygens (including phenoxy) is 1. The van der Waals surface area contributed by atoms with E-state index in [1.165, 1.54) is 37.1 Å². The number of carboxylic acids is 4. The number of nitrogens with zero attached hydrogens (tertiary/aromatic N) is 3. The number of methoxy groups -OCH3 is 1. The van der Waals surface area contributed by atoms with E-state index in [9.17, 15) is 0 Å². The Morgan fingerprint density at radius 2 is 1.41 bits per heavy atom. The van der Waals surface area contributed by atoms with Gasteiger partial charge < -0.3 is 35.4 Å². The Morgan fingerprint density at radius 1 is 0.854 bits per heavy atom. The summed E-state index contributed by atoms with van der Waals surface area (Å²) in [6, 6.07) is 18.6. The molecule has 5 N–H and O–H groups in total. The molecule has 0 amide bonds. The second-order valence-corrected chi connectivity index (χ2v) is 8.83. The normalized spacial score (nSPS) is 12.3. The first-order chi connectivity index (χ1) is 19.6. The van der Waals surface area contributed by atoms with Crippen LogP contribution >= 0.6 is 0 Å². The number of benzene rings is 2. The fourth-order valence-electron chi connectivity index (χ4n) is 3.98. The molecule has 2 aromatic carbocycles. The van der Waals surface area contributed by atoms with Crippen molar-refractivity contribution in [3.05, 3.63) is 71.9 Å². The zero-order valence-corrected chi connectivity index (χ0v) is 22.6. The zero-order chi connectivity index (χ0) is 30.2. The summed E-state index contributed by atoms with van der Waals surface area (Å²) >= 11 is 0. The standard InChI is InChI=1S/C24H30N4O.2C2H2O4/c1-29-23-12-6-5-11-22(23)24-21(17-25-13-16-27-14-7-8-15-27)19-28(26-24)18-20-9-3-2-4-10-20;2*3-1(4)2(5)6/h2-6,9-12,19,25H,7-8,13-18H2,1H3;2*(H,3,4)(H,5,6). The fourth-order valence-corrected chi connectivity index (χ4v) is 3.98. The molecule has 0 bridgehead atoms. The predicted molar refractivity (Wildman–Crippen MR) is 148 cm³/mol. The first-order valence-electron chi connectivity index (χ1n) is 12.7. The summed E-state index contributed by atoms with van der Waals surface area (Å²) in [5.74, 6) is -6.44. The van der Waals surface area contributed by atoms with Crippen molar-refractivity contribution in [2.45, 2.75) is 25.9 Å². The molecule has 1 saturated heterocycles. The van der Waals surface area contributed by atoms with Crippen LogP contribution in [0.1, 0.15) is 24.0 Å². The van der Waals surface area contributed by atoms with E-state index in [0.29, 0.717) is 0 Å². The van der Waals surface area contributed by atoms with E-state index in [1.54, 1.807) is 7.11 Å². The van der Waals surface area contributed by atoms with E-state index < -0.39 is 23.9 Å². The van der Waals surface area contributed by atoms with Gasteiger partial charge in [-0.1, -0.05) is 42.5 Å². The van der Waals surface area contributed by atoms with Crippen LogP contribution in [0.3, 0.4) is 0 Å². The number of rotatable bonds is 9. The lowest BCUT2D eigenvalue weighted by Crippen LogP contribution is -2.29. The molecule has 0 saturated carbocycles. The maximum Gasteiger partial charge on any atom is 0.414 e. The molecule has 0 atom stereocenters. The highest BCUT2D eigenvalue weighted by Gasteiger charge is 2.16. The highest BCUT2D eigenvalue weighted by molar-refractivity contribution is 6.27. The number of hydrogen-bond donors (Lipinski definition) is 5. The molecular formula is C28H34N4O9. The van der Waals surface area contributed by atoms with Crippen LogP contribution in [0.25, 0.3) is 11.3 Å². The number of para-hydroxylation sites is 1. The smallest absolute Gasteiger partial charge is 0.414 e. The van der Waals surface area contributed by atoms with Gasteiger partial charge in [0.15, 0.2) is 0 Å². The van der Waals surface area contributed by atoms with Crippen molar-refractivity contribution in [3.8, 4) is 17.0 Å². The lowest BCUT2D eigenvalue weighted by Gasteiger charge is -2.14. The number of aromatic nitrogens is 2. The molecule has 0 spiro atoms. The summed E-state index contributed by atoms with van der Waals surface area (Å²) in [4.78, 5) is 38.9. The first kappa shape index (κ1) is 32.5. The third kappa shape index (κ3) is 11.5. The summed E-state index contributed by atoms with van der Waals surface area (Å²) in [5.41, 5.74) is 4.48. The average Bonchev–Trinajstić information content (AvgIpc) is 3.62. The van der Waals surface area contributed by atoms with Crippen LogP contribution in [-0.2, 0) is 32.3 Å². The van der Waals surface area contributed by atoms with Gasteiger partial charge in [-0.25, -0.2) is 19.2 Å². The van der Waals surface area contributed by atoms with E-state index in [2.05, 4.69) is 46.7 Å². The Balaban J connectivity index is 0.000000413. The Kier molecular flexibility index (Phi) is 13.5. The number of carbonyl (C=O) groups is 4. The minimum Gasteiger partial charge on any atom is -0.496 e. The summed E-state index contributed by atoms with van der Waals surface area (Å²) in [6.07, 6.45) is 4.84. The Morgan fingerprint density at radius 3 is 1.98 bits per heavy atom. The molecule has 41 heavy (non-hydrogen) atoms. The molecule has 0 aliphatic carbocycles. The number of hydrogen-bond acceptors (Lipinski definition) is 8. The molecule has 0 radical (unpaired) electrons. The Hall–Kier alpha value is -4.75. The molecule has 1 aliphatic heterocycles. The zero-order valence-electron chi connectivity index (χ0n) is 22.6. The number of carboxylic acid groups (broad SMARTS) is 4. The molecule has 4 rings (SSSR count). The van der Waals surface area contributed by atoms with Crippen molar-refractivity contribution < 1.29 is 44.3 Å². The van der Waals surface area contributed by atoms with Crippen molar-refractivity contribution in [3.63, 3.8) is 0 Å². The summed E-state index contributed by atoms with van der Waals surface area (Å²) < 4.78 is 7.64. The highest BCUT2D eigenvalue weighted by Crippen LogP contribution is 2.31. The van der Waals surface area contributed by atoms with Crippen molar-refractivity contribution in [1.29, 1.82) is 0 Å². The largest absolute Gasteiger partial charge is 0.496 e. The van der Waals surface area contributed by atoms with Gasteiger partial charge in [-0.3, -0.25) is 4.68 Å². The summed E-state index contributed by atoms with van der Waals surface area (Å²) in [5, 5.41) is 38.1. The third-order valence-corrected chi connectivity index (χ3v) is 5.87. The van der Waals surface area contributed by atoms with Crippen LogP contribution in [-0.4, -0.2) is 92.3 Å². The highest BCUT2D eigenvalue weighted by atomic mass is 16.5. The molecule has 3 aromatic rings. The van der Waals surface area contributed by atoms with Crippen molar-refractivity contribution >= 4 is 23.9 Å². The average molecular weight is 571 g/mol. The van der Waals surface area contributed by atoms with Gasteiger partial charge >= 0.3 is 23.9 Å². The molecule has 13 heteroatoms. The van der Waals surface area contributed by atoms with E-state index in [0.717, 1.165) is 43.2 Å². The van der Waals surface area contributed by atoms with E-state index in [1.807, 2.05) is 28.9 Å². The van der Waals surface area contributed by atoms with Gasteiger partial charge in [0.05, 0.1) is 13.7 Å². The molecular weight excluding hydrogens is 536 g/mol. The Bertz CT molecular complexity index is 1240. The van der Waals surface area contributed by atoms with Gasteiger partial charge in [-0.2, -0.15) is 5.10 Å². The molecule has 1 aromatic heterocycles. The van der Waals surface area contributed by atoms with Crippen LogP contribution < -0.4 is 10.1 Å². The van der Waals surface area contributed by atoms with Crippen LogP contribution in [0.15, 0.2) is 60.8 Å². The van der Waals surface area contributed by atoms with E-state index in [-0.39, 0.29) is 0 Å². The maximum atomic E-state index is 9.10. The number of likely N-dealkylation sites (tertiary alicyclic amines) is 1. The first-order valence-corrected chi connectivity index (χ1v) is 12.7. The number of aliphatic carboxylic acids is 4. The van der Waals surface area contributed by atoms with Crippen LogP contribution in [0.4, 0.5) is 0 Å². The SMILES string of the molecule is COc1ccccc1-c1nn(Cc2ccccc2)cc1CNCCN1CCCC1.O=C(O)C(=O)O.O=C(O)C(=O)O. The quantitative estimate of drug-likeness (QED) is 0.186. The van der Waals surface area contributed by atoms with Gasteiger partial charge in [0.25, 0.3) is 0 Å². The van der Waals surface area contributed by atoms with Crippen LogP contribution in [0, 0.1) is 0 Å². The molecule has 1 aliphatic rings. The molecule has 13 nitrogen and oxygen atoms in total. The fraction of sp³-hybridized carbons (Fsp3) is 0.321. The van der Waals surface area contributed by atoms with Gasteiger partial charge in [-0.15, -0.1) is 0 Å². The maximum absolute atomic E-state index is 9.10. The monoisotopic (exact) mass is 570 g/mol. The van der Waals surface area contributed by atoms with Crippen molar-refractivity contribution in [1.82, 2.24) is 20.0 Å². The number of nitrogens with one attached hydrogen (secondary N) is 1. The van der Waals surface area contributed by atoms with Crippen LogP contribution in [0.2, 0.25) is 0 Å². The topological polar surface area (TPSA) is 192 Å². The second kappa shape index (κ2) is 17.0. The molecule has 1 fully saturated rings. The Labute approximate surface area is 236 Å². The lowest BCUT2D eigenvalue weighted by atomic mass is 10.1. The molecule has 2 heterocycles. The third-order valence-electron chi connectivity index (χ3n) is 5.87. The summed E-state index contributed by atoms with van der Waals surface area (Å²) in [6.45, 7) is 6.15. The molecule has 220 valence electrons. The predicted octanol–water partition coefficient (Wildman–Crippen LogP) is 2.10. The molecule has 0 unspecified atom stereocenters. The van der Waals surface area contributed by atoms with Gasteiger partial charge in [0.2, 0.25) is 0 Å². The van der Waals surface area contributed by atoms with Gasteiger partial charge in [0, 0.05) is 37.0 Å². The summed E-state index contributed by atoms with van der Waals surface area (Å²) in [7, 11) is 1.72. The van der Waals surface area contributed by atoms with Crippen LogP contribution in [0.5, 0.6) is 5.75 Å². The second-order valence-electron chi connectivity index (χ2n) is 8.83. The van der Waals surface area contributed by atoms with Gasteiger partial charge in [-0.05, 0) is 43.6 Å². The minimum absolute atomic E-state index is 0.761. The lowest BCUT2D eigenvalue weighted by molar-refractivity contribution is -0.159. The van der Waals surface area contributed by atoms with Crippen molar-refractivity contribution in [2.24, 2.45) is 0 Å². The van der Waals surface area contributed by atoms with E-state index >= 15 is 0 Å².